The lowest BCUT2D eigenvalue weighted by Crippen LogP contribution is -2.45. The van der Waals surface area contributed by atoms with Crippen LogP contribution in [0.25, 0.3) is 0 Å². The SMILES string of the molecule is CCNC(=NCC(=O)NCCc1ccccc1)NC1CCC(C)CC1. The van der Waals surface area contributed by atoms with E-state index in [0.717, 1.165) is 24.8 Å². The quantitative estimate of drug-likeness (QED) is 0.526. The van der Waals surface area contributed by atoms with Crippen molar-refractivity contribution in [2.45, 2.75) is 52.0 Å². The lowest BCUT2D eigenvalue weighted by Gasteiger charge is -2.28. The summed E-state index contributed by atoms with van der Waals surface area (Å²) >= 11 is 0. The number of carbonyl (C=O) groups excluding carboxylic acids is 1. The van der Waals surface area contributed by atoms with E-state index in [1.807, 2.05) is 25.1 Å². The van der Waals surface area contributed by atoms with Crippen LogP contribution in [0.15, 0.2) is 35.3 Å². The highest BCUT2D eigenvalue weighted by Crippen LogP contribution is 2.23. The maximum absolute atomic E-state index is 12.0. The van der Waals surface area contributed by atoms with Crippen LogP contribution in [0.4, 0.5) is 0 Å². The molecule has 0 aliphatic heterocycles. The molecule has 1 aromatic rings. The van der Waals surface area contributed by atoms with Gasteiger partial charge in [-0.2, -0.15) is 0 Å². The molecule has 138 valence electrons. The predicted octanol–water partition coefficient (Wildman–Crippen LogP) is 2.48. The topological polar surface area (TPSA) is 65.5 Å². The van der Waals surface area contributed by atoms with Gasteiger partial charge in [0.2, 0.25) is 5.91 Å². The minimum Gasteiger partial charge on any atom is -0.357 e. The van der Waals surface area contributed by atoms with Gasteiger partial charge in [0.15, 0.2) is 5.96 Å². The Morgan fingerprint density at radius 1 is 1.12 bits per heavy atom. The van der Waals surface area contributed by atoms with Crippen LogP contribution in [-0.4, -0.2) is 37.5 Å². The van der Waals surface area contributed by atoms with Gasteiger partial charge in [-0.15, -0.1) is 0 Å². The zero-order valence-corrected chi connectivity index (χ0v) is 15.6. The highest BCUT2D eigenvalue weighted by molar-refractivity contribution is 5.85. The van der Waals surface area contributed by atoms with Crippen molar-refractivity contribution in [3.8, 4) is 0 Å². The molecule has 1 aliphatic rings. The van der Waals surface area contributed by atoms with Crippen LogP contribution in [0.2, 0.25) is 0 Å². The molecule has 5 heteroatoms. The average Bonchev–Trinajstić information content (AvgIpc) is 2.63. The van der Waals surface area contributed by atoms with Crippen LogP contribution in [0, 0.1) is 5.92 Å². The zero-order valence-electron chi connectivity index (χ0n) is 15.6. The van der Waals surface area contributed by atoms with Crippen molar-refractivity contribution in [3.05, 3.63) is 35.9 Å². The van der Waals surface area contributed by atoms with Gasteiger partial charge in [-0.05, 0) is 50.5 Å². The van der Waals surface area contributed by atoms with E-state index in [1.165, 1.54) is 31.2 Å². The van der Waals surface area contributed by atoms with Gasteiger partial charge in [-0.3, -0.25) is 4.79 Å². The molecule has 1 amide bonds. The number of nitrogens with one attached hydrogen (secondary N) is 3. The van der Waals surface area contributed by atoms with Crippen LogP contribution in [-0.2, 0) is 11.2 Å². The Labute approximate surface area is 151 Å². The standard InChI is InChI=1S/C20H32N4O/c1-3-21-20(24-18-11-9-16(2)10-12-18)23-15-19(25)22-14-13-17-7-5-4-6-8-17/h4-8,16,18H,3,9-15H2,1-2H3,(H,22,25)(H2,21,23,24). The van der Waals surface area contributed by atoms with Gasteiger partial charge in [-0.25, -0.2) is 4.99 Å². The Morgan fingerprint density at radius 2 is 1.84 bits per heavy atom. The molecule has 0 bridgehead atoms. The van der Waals surface area contributed by atoms with Gasteiger partial charge < -0.3 is 16.0 Å². The minimum atomic E-state index is -0.0367. The molecular formula is C20H32N4O. The molecule has 0 aromatic heterocycles. The van der Waals surface area contributed by atoms with E-state index in [0.29, 0.717) is 12.6 Å². The average molecular weight is 345 g/mol. The summed E-state index contributed by atoms with van der Waals surface area (Å²) in [5.74, 6) is 1.54. The van der Waals surface area contributed by atoms with Crippen LogP contribution in [0.3, 0.4) is 0 Å². The Bertz CT molecular complexity index is 536. The molecule has 1 fully saturated rings. The molecule has 3 N–H and O–H groups in total. The molecule has 25 heavy (non-hydrogen) atoms. The van der Waals surface area contributed by atoms with E-state index in [1.54, 1.807) is 0 Å². The van der Waals surface area contributed by atoms with Crippen molar-refractivity contribution in [2.75, 3.05) is 19.6 Å². The Hall–Kier alpha value is -2.04. The second kappa shape index (κ2) is 10.7. The summed E-state index contributed by atoms with van der Waals surface area (Å²) in [7, 11) is 0. The lowest BCUT2D eigenvalue weighted by atomic mass is 9.87. The number of hydrogen-bond acceptors (Lipinski definition) is 2. The number of guanidine groups is 1. The van der Waals surface area contributed by atoms with Crippen LogP contribution < -0.4 is 16.0 Å². The number of amides is 1. The number of aliphatic imine (C=N–C) groups is 1. The first-order chi connectivity index (χ1) is 12.2. The van der Waals surface area contributed by atoms with Gasteiger partial charge in [0.05, 0.1) is 0 Å². The minimum absolute atomic E-state index is 0.0367. The second-order valence-corrected chi connectivity index (χ2v) is 6.88. The first-order valence-electron chi connectivity index (χ1n) is 9.52. The molecule has 0 saturated heterocycles. The van der Waals surface area contributed by atoms with E-state index in [-0.39, 0.29) is 12.5 Å². The molecule has 1 aromatic carbocycles. The molecule has 1 saturated carbocycles. The number of carbonyl (C=O) groups is 1. The highest BCUT2D eigenvalue weighted by Gasteiger charge is 2.18. The van der Waals surface area contributed by atoms with Crippen molar-refractivity contribution >= 4 is 11.9 Å². The van der Waals surface area contributed by atoms with Gasteiger partial charge in [0, 0.05) is 19.1 Å². The summed E-state index contributed by atoms with van der Waals surface area (Å²) in [6.07, 6.45) is 5.71. The fraction of sp³-hybridized carbons (Fsp3) is 0.600. The number of rotatable bonds is 7. The lowest BCUT2D eigenvalue weighted by molar-refractivity contribution is -0.119. The smallest absolute Gasteiger partial charge is 0.241 e. The van der Waals surface area contributed by atoms with E-state index >= 15 is 0 Å². The first-order valence-corrected chi connectivity index (χ1v) is 9.52. The molecule has 0 atom stereocenters. The maximum atomic E-state index is 12.0. The third kappa shape index (κ3) is 7.59. The van der Waals surface area contributed by atoms with Crippen LogP contribution in [0.5, 0.6) is 0 Å². The fourth-order valence-corrected chi connectivity index (χ4v) is 3.12. The molecule has 2 rings (SSSR count). The van der Waals surface area contributed by atoms with Crippen molar-refractivity contribution in [3.63, 3.8) is 0 Å². The molecule has 0 spiro atoms. The van der Waals surface area contributed by atoms with E-state index in [9.17, 15) is 4.79 Å². The van der Waals surface area contributed by atoms with Gasteiger partial charge in [-0.1, -0.05) is 37.3 Å². The van der Waals surface area contributed by atoms with Crippen molar-refractivity contribution in [2.24, 2.45) is 10.9 Å². The molecule has 5 nitrogen and oxygen atoms in total. The van der Waals surface area contributed by atoms with Crippen LogP contribution >= 0.6 is 0 Å². The summed E-state index contributed by atoms with van der Waals surface area (Å²) in [5.41, 5.74) is 1.23. The summed E-state index contributed by atoms with van der Waals surface area (Å²) in [4.78, 5) is 16.4. The van der Waals surface area contributed by atoms with Gasteiger partial charge >= 0.3 is 0 Å². The fourth-order valence-electron chi connectivity index (χ4n) is 3.12. The third-order valence-electron chi connectivity index (χ3n) is 4.66. The van der Waals surface area contributed by atoms with E-state index in [4.69, 9.17) is 0 Å². The van der Waals surface area contributed by atoms with Crippen molar-refractivity contribution in [1.29, 1.82) is 0 Å². The Kier molecular flexibility index (Phi) is 8.29. The summed E-state index contributed by atoms with van der Waals surface area (Å²) in [6.45, 7) is 5.95. The summed E-state index contributed by atoms with van der Waals surface area (Å²) in [5, 5.41) is 9.65. The van der Waals surface area contributed by atoms with E-state index < -0.39 is 0 Å². The summed E-state index contributed by atoms with van der Waals surface area (Å²) in [6, 6.07) is 10.6. The number of benzene rings is 1. The largest absolute Gasteiger partial charge is 0.357 e. The summed E-state index contributed by atoms with van der Waals surface area (Å²) < 4.78 is 0. The van der Waals surface area contributed by atoms with Crippen molar-refractivity contribution < 1.29 is 4.79 Å². The molecule has 0 radical (unpaired) electrons. The number of hydrogen-bond donors (Lipinski definition) is 3. The molecular weight excluding hydrogens is 312 g/mol. The van der Waals surface area contributed by atoms with Crippen molar-refractivity contribution in [1.82, 2.24) is 16.0 Å². The molecule has 0 heterocycles. The zero-order chi connectivity index (χ0) is 17.9. The monoisotopic (exact) mass is 344 g/mol. The Balaban J connectivity index is 1.72. The molecule has 1 aliphatic carbocycles. The number of nitrogens with zero attached hydrogens (tertiary/aromatic N) is 1. The van der Waals surface area contributed by atoms with Gasteiger partial charge in [0.1, 0.15) is 6.54 Å². The molecule has 0 unspecified atom stereocenters. The highest BCUT2D eigenvalue weighted by atomic mass is 16.1. The van der Waals surface area contributed by atoms with E-state index in [2.05, 4.69) is 40.0 Å². The van der Waals surface area contributed by atoms with Crippen LogP contribution in [0.1, 0.15) is 45.1 Å². The predicted molar refractivity (Wildman–Crippen MR) is 104 cm³/mol. The second-order valence-electron chi connectivity index (χ2n) is 6.88. The van der Waals surface area contributed by atoms with Gasteiger partial charge in [0.25, 0.3) is 0 Å². The first kappa shape index (κ1) is 19.3. The third-order valence-corrected chi connectivity index (χ3v) is 4.66. The maximum Gasteiger partial charge on any atom is 0.241 e. The Morgan fingerprint density at radius 3 is 2.52 bits per heavy atom. The normalized spacial score (nSPS) is 20.8.